The van der Waals surface area contributed by atoms with Crippen LogP contribution in [0.25, 0.3) is 0 Å². The van der Waals surface area contributed by atoms with Gasteiger partial charge < -0.3 is 15.8 Å². The van der Waals surface area contributed by atoms with E-state index in [9.17, 15) is 4.79 Å². The average Bonchev–Trinajstić information content (AvgIpc) is 2.48. The Balaban J connectivity index is 2.24. The van der Waals surface area contributed by atoms with E-state index in [0.29, 0.717) is 23.5 Å². The molecule has 0 bridgehead atoms. The number of anilines is 1. The van der Waals surface area contributed by atoms with E-state index in [-0.39, 0.29) is 12.0 Å². The Morgan fingerprint density at radius 2 is 1.81 bits per heavy atom. The first-order valence-electron chi connectivity index (χ1n) is 6.97. The number of hydrogen-bond acceptors (Lipinski definition) is 3. The van der Waals surface area contributed by atoms with Crippen molar-refractivity contribution in [3.8, 4) is 5.75 Å². The fraction of sp³-hybridized carbons (Fsp3) is 0.235. The van der Waals surface area contributed by atoms with Crippen molar-refractivity contribution in [1.82, 2.24) is 0 Å². The number of rotatable bonds is 5. The number of ether oxygens (including phenoxy) is 1. The quantitative estimate of drug-likeness (QED) is 0.886. The van der Waals surface area contributed by atoms with Crippen molar-refractivity contribution < 1.29 is 9.53 Å². The molecule has 0 aliphatic heterocycles. The molecular formula is C17H20N2O2. The van der Waals surface area contributed by atoms with Crippen LogP contribution in [0.15, 0.2) is 48.5 Å². The summed E-state index contributed by atoms with van der Waals surface area (Å²) in [5.74, 6) is 0.474. The molecule has 21 heavy (non-hydrogen) atoms. The van der Waals surface area contributed by atoms with E-state index in [1.165, 1.54) is 0 Å². The molecule has 0 fully saturated rings. The van der Waals surface area contributed by atoms with Crippen molar-refractivity contribution in [3.05, 3.63) is 59.7 Å². The molecule has 0 unspecified atom stereocenters. The molecule has 1 amide bonds. The van der Waals surface area contributed by atoms with Gasteiger partial charge >= 0.3 is 0 Å². The number of nitrogens with one attached hydrogen (secondary N) is 1. The van der Waals surface area contributed by atoms with E-state index in [1.807, 2.05) is 56.3 Å². The lowest BCUT2D eigenvalue weighted by Gasteiger charge is -2.15. The lowest BCUT2D eigenvalue weighted by Crippen LogP contribution is -2.17. The first-order valence-corrected chi connectivity index (χ1v) is 6.97. The molecule has 2 rings (SSSR count). The zero-order valence-corrected chi connectivity index (χ0v) is 12.3. The highest BCUT2D eigenvalue weighted by Crippen LogP contribution is 2.25. The standard InChI is InChI=1S/C17H20N2O2/c1-12(2)21-16-10-6-5-9-15(16)19-17(20)14-8-4-3-7-13(14)11-18/h3-10,12H,11,18H2,1-2H3,(H,19,20). The minimum Gasteiger partial charge on any atom is -0.489 e. The van der Waals surface area contributed by atoms with Gasteiger partial charge in [-0.25, -0.2) is 0 Å². The Morgan fingerprint density at radius 3 is 2.52 bits per heavy atom. The second-order valence-electron chi connectivity index (χ2n) is 4.98. The third-order valence-corrected chi connectivity index (χ3v) is 2.98. The highest BCUT2D eigenvalue weighted by atomic mass is 16.5. The Labute approximate surface area is 124 Å². The van der Waals surface area contributed by atoms with E-state index < -0.39 is 0 Å². The Kier molecular flexibility index (Phi) is 4.95. The fourth-order valence-electron chi connectivity index (χ4n) is 2.04. The lowest BCUT2D eigenvalue weighted by atomic mass is 10.1. The summed E-state index contributed by atoms with van der Waals surface area (Å²) in [5.41, 5.74) is 7.73. The highest BCUT2D eigenvalue weighted by Gasteiger charge is 2.13. The van der Waals surface area contributed by atoms with Crippen molar-refractivity contribution in [3.63, 3.8) is 0 Å². The summed E-state index contributed by atoms with van der Waals surface area (Å²) >= 11 is 0. The first kappa shape index (κ1) is 15.1. The van der Waals surface area contributed by atoms with Crippen LogP contribution in [-0.2, 0) is 6.54 Å². The molecule has 3 N–H and O–H groups in total. The monoisotopic (exact) mass is 284 g/mol. The van der Waals surface area contributed by atoms with Crippen LogP contribution in [0, 0.1) is 0 Å². The molecule has 0 spiro atoms. The maximum absolute atomic E-state index is 12.4. The van der Waals surface area contributed by atoms with Crippen LogP contribution in [0.4, 0.5) is 5.69 Å². The Bertz CT molecular complexity index is 624. The molecular weight excluding hydrogens is 264 g/mol. The van der Waals surface area contributed by atoms with Crippen LogP contribution in [0.1, 0.15) is 29.8 Å². The van der Waals surface area contributed by atoms with Gasteiger partial charge in [-0.15, -0.1) is 0 Å². The molecule has 4 heteroatoms. The zero-order valence-electron chi connectivity index (χ0n) is 12.3. The SMILES string of the molecule is CC(C)Oc1ccccc1NC(=O)c1ccccc1CN. The minimum absolute atomic E-state index is 0.0411. The predicted molar refractivity (Wildman–Crippen MR) is 84.5 cm³/mol. The van der Waals surface area contributed by atoms with E-state index in [4.69, 9.17) is 10.5 Å². The lowest BCUT2D eigenvalue weighted by molar-refractivity contribution is 0.102. The van der Waals surface area contributed by atoms with E-state index in [2.05, 4.69) is 5.32 Å². The number of amides is 1. The molecule has 0 radical (unpaired) electrons. The fourth-order valence-corrected chi connectivity index (χ4v) is 2.04. The second kappa shape index (κ2) is 6.90. The van der Waals surface area contributed by atoms with Crippen LogP contribution in [0.2, 0.25) is 0 Å². The molecule has 0 aliphatic carbocycles. The molecule has 2 aromatic rings. The van der Waals surface area contributed by atoms with Gasteiger partial charge in [-0.2, -0.15) is 0 Å². The van der Waals surface area contributed by atoms with Gasteiger partial charge in [0.05, 0.1) is 11.8 Å². The zero-order chi connectivity index (χ0) is 15.2. The van der Waals surface area contributed by atoms with E-state index >= 15 is 0 Å². The number of nitrogens with two attached hydrogens (primary N) is 1. The van der Waals surface area contributed by atoms with Crippen molar-refractivity contribution in [2.75, 3.05) is 5.32 Å². The summed E-state index contributed by atoms with van der Waals surface area (Å²) in [5, 5.41) is 2.89. The number of carbonyl (C=O) groups excluding carboxylic acids is 1. The third kappa shape index (κ3) is 3.83. The van der Waals surface area contributed by atoms with Gasteiger partial charge in [0.25, 0.3) is 5.91 Å². The van der Waals surface area contributed by atoms with Crippen LogP contribution in [0.3, 0.4) is 0 Å². The Morgan fingerprint density at radius 1 is 1.14 bits per heavy atom. The number of benzene rings is 2. The number of para-hydroxylation sites is 2. The maximum Gasteiger partial charge on any atom is 0.256 e. The summed E-state index contributed by atoms with van der Waals surface area (Å²) in [6, 6.07) is 14.7. The normalized spacial score (nSPS) is 10.5. The van der Waals surface area contributed by atoms with Gasteiger partial charge in [0.15, 0.2) is 0 Å². The summed E-state index contributed by atoms with van der Waals surface area (Å²) in [4.78, 5) is 12.4. The Hall–Kier alpha value is -2.33. The van der Waals surface area contributed by atoms with Gasteiger partial charge in [-0.3, -0.25) is 4.79 Å². The summed E-state index contributed by atoms with van der Waals surface area (Å²) in [6.45, 7) is 4.22. The molecule has 0 heterocycles. The number of hydrogen-bond donors (Lipinski definition) is 2. The van der Waals surface area contributed by atoms with Crippen LogP contribution in [0.5, 0.6) is 5.75 Å². The smallest absolute Gasteiger partial charge is 0.256 e. The minimum atomic E-state index is -0.184. The molecule has 110 valence electrons. The molecule has 0 saturated heterocycles. The average molecular weight is 284 g/mol. The molecule has 0 aromatic heterocycles. The van der Waals surface area contributed by atoms with Crippen LogP contribution < -0.4 is 15.8 Å². The van der Waals surface area contributed by atoms with Crippen molar-refractivity contribution in [2.24, 2.45) is 5.73 Å². The van der Waals surface area contributed by atoms with Gasteiger partial charge in [0.2, 0.25) is 0 Å². The molecule has 4 nitrogen and oxygen atoms in total. The van der Waals surface area contributed by atoms with E-state index in [0.717, 1.165) is 5.56 Å². The summed E-state index contributed by atoms with van der Waals surface area (Å²) < 4.78 is 5.70. The van der Waals surface area contributed by atoms with Gasteiger partial charge in [-0.1, -0.05) is 30.3 Å². The van der Waals surface area contributed by atoms with Crippen molar-refractivity contribution in [2.45, 2.75) is 26.5 Å². The van der Waals surface area contributed by atoms with E-state index in [1.54, 1.807) is 6.07 Å². The van der Waals surface area contributed by atoms with Gasteiger partial charge in [0, 0.05) is 12.1 Å². The number of carbonyl (C=O) groups is 1. The molecule has 0 aliphatic rings. The molecule has 2 aromatic carbocycles. The maximum atomic E-state index is 12.4. The van der Waals surface area contributed by atoms with Gasteiger partial charge in [0.1, 0.15) is 5.75 Å². The molecule has 0 saturated carbocycles. The summed E-state index contributed by atoms with van der Waals surface area (Å²) in [6.07, 6.45) is 0.0411. The topological polar surface area (TPSA) is 64.3 Å². The van der Waals surface area contributed by atoms with Gasteiger partial charge in [-0.05, 0) is 37.6 Å². The van der Waals surface area contributed by atoms with Crippen molar-refractivity contribution in [1.29, 1.82) is 0 Å². The summed E-state index contributed by atoms with van der Waals surface area (Å²) in [7, 11) is 0. The van der Waals surface area contributed by atoms with Crippen LogP contribution >= 0.6 is 0 Å². The largest absolute Gasteiger partial charge is 0.489 e. The van der Waals surface area contributed by atoms with Crippen molar-refractivity contribution >= 4 is 11.6 Å². The third-order valence-electron chi connectivity index (χ3n) is 2.98. The highest BCUT2D eigenvalue weighted by molar-refractivity contribution is 6.06. The second-order valence-corrected chi connectivity index (χ2v) is 4.98. The molecule has 0 atom stereocenters. The predicted octanol–water partition coefficient (Wildman–Crippen LogP) is 3.18. The first-order chi connectivity index (χ1) is 10.1. The van der Waals surface area contributed by atoms with Crippen LogP contribution in [-0.4, -0.2) is 12.0 Å².